The van der Waals surface area contributed by atoms with Crippen LogP contribution in [0.15, 0.2) is 0 Å². The zero-order chi connectivity index (χ0) is 14.8. The van der Waals surface area contributed by atoms with Crippen molar-refractivity contribution in [1.82, 2.24) is 4.90 Å². The molecule has 2 rings (SSSR count). The van der Waals surface area contributed by atoms with Crippen LogP contribution in [0.4, 0.5) is 0 Å². The van der Waals surface area contributed by atoms with Gasteiger partial charge < -0.3 is 5.73 Å². The molecule has 1 heterocycles. The van der Waals surface area contributed by atoms with Crippen LogP contribution in [0.2, 0.25) is 0 Å². The molecule has 2 N–H and O–H groups in total. The lowest BCUT2D eigenvalue weighted by Gasteiger charge is -2.47. The summed E-state index contributed by atoms with van der Waals surface area (Å²) in [6, 6.07) is 1.48. The number of hydrogen-bond acceptors (Lipinski definition) is 2. The molecule has 1 aliphatic heterocycles. The third kappa shape index (κ3) is 3.76. The summed E-state index contributed by atoms with van der Waals surface area (Å²) in [5.41, 5.74) is 6.57. The lowest BCUT2D eigenvalue weighted by molar-refractivity contribution is 0.0317. The van der Waals surface area contributed by atoms with Crippen molar-refractivity contribution < 1.29 is 0 Å². The summed E-state index contributed by atoms with van der Waals surface area (Å²) in [6.07, 6.45) is 9.70. The van der Waals surface area contributed by atoms with E-state index in [2.05, 4.69) is 32.6 Å². The first kappa shape index (κ1) is 16.3. The second kappa shape index (κ2) is 6.79. The standard InChI is InChI=1S/C18H36N2/c1-5-14-10-11-20(17(12-14)13-19)16-8-6-15(7-9-16)18(2,3)4/h14-17H,5-13,19H2,1-4H3. The van der Waals surface area contributed by atoms with E-state index in [1.807, 2.05) is 0 Å². The van der Waals surface area contributed by atoms with Crippen LogP contribution in [-0.4, -0.2) is 30.1 Å². The molecule has 0 bridgehead atoms. The minimum absolute atomic E-state index is 0.493. The van der Waals surface area contributed by atoms with Crippen molar-refractivity contribution in [2.45, 2.75) is 84.7 Å². The van der Waals surface area contributed by atoms with E-state index in [0.29, 0.717) is 11.5 Å². The Morgan fingerprint density at radius 3 is 2.20 bits per heavy atom. The number of hydrogen-bond donors (Lipinski definition) is 1. The van der Waals surface area contributed by atoms with E-state index in [0.717, 1.165) is 24.4 Å². The third-order valence-corrected chi connectivity index (χ3v) is 6.11. The molecule has 20 heavy (non-hydrogen) atoms. The topological polar surface area (TPSA) is 29.3 Å². The second-order valence-electron chi connectivity index (χ2n) is 8.30. The highest BCUT2D eigenvalue weighted by molar-refractivity contribution is 4.90. The van der Waals surface area contributed by atoms with Gasteiger partial charge in [-0.1, -0.05) is 34.1 Å². The molecule has 118 valence electrons. The van der Waals surface area contributed by atoms with Crippen LogP contribution >= 0.6 is 0 Å². The SMILES string of the molecule is CCC1CCN(C2CCC(C(C)(C)C)CC2)C(CN)C1. The molecule has 0 radical (unpaired) electrons. The van der Waals surface area contributed by atoms with Gasteiger partial charge in [0.2, 0.25) is 0 Å². The van der Waals surface area contributed by atoms with Gasteiger partial charge in [0.15, 0.2) is 0 Å². The first-order valence-electron chi connectivity index (χ1n) is 8.91. The Morgan fingerprint density at radius 1 is 1.05 bits per heavy atom. The first-order valence-corrected chi connectivity index (χ1v) is 8.91. The molecule has 1 aliphatic carbocycles. The van der Waals surface area contributed by atoms with Gasteiger partial charge in [-0.2, -0.15) is 0 Å². The van der Waals surface area contributed by atoms with Crippen LogP contribution in [0.3, 0.4) is 0 Å². The lowest BCUT2D eigenvalue weighted by Crippen LogP contribution is -2.52. The summed E-state index contributed by atoms with van der Waals surface area (Å²) in [5, 5.41) is 0. The Kier molecular flexibility index (Phi) is 5.53. The molecular weight excluding hydrogens is 244 g/mol. The van der Waals surface area contributed by atoms with Crippen molar-refractivity contribution in [3.05, 3.63) is 0 Å². The quantitative estimate of drug-likeness (QED) is 0.845. The molecule has 0 spiro atoms. The van der Waals surface area contributed by atoms with Gasteiger partial charge in [-0.3, -0.25) is 4.90 Å². The zero-order valence-electron chi connectivity index (χ0n) is 14.2. The average Bonchev–Trinajstić information content (AvgIpc) is 2.45. The second-order valence-corrected chi connectivity index (χ2v) is 8.30. The van der Waals surface area contributed by atoms with Gasteiger partial charge in [0.05, 0.1) is 0 Å². The van der Waals surface area contributed by atoms with Gasteiger partial charge in [-0.05, 0) is 62.3 Å². The molecule has 0 amide bonds. The number of piperidine rings is 1. The number of nitrogens with zero attached hydrogens (tertiary/aromatic N) is 1. The average molecular weight is 280 g/mol. The Balaban J connectivity index is 1.89. The maximum atomic E-state index is 6.07. The van der Waals surface area contributed by atoms with Crippen molar-refractivity contribution in [3.8, 4) is 0 Å². The molecule has 1 saturated heterocycles. The van der Waals surface area contributed by atoms with E-state index in [4.69, 9.17) is 5.73 Å². The molecule has 2 nitrogen and oxygen atoms in total. The highest BCUT2D eigenvalue weighted by atomic mass is 15.2. The fraction of sp³-hybridized carbons (Fsp3) is 1.00. The van der Waals surface area contributed by atoms with E-state index in [1.54, 1.807) is 0 Å². The first-order chi connectivity index (χ1) is 9.45. The van der Waals surface area contributed by atoms with Gasteiger partial charge in [0.25, 0.3) is 0 Å². The van der Waals surface area contributed by atoms with Gasteiger partial charge in [0, 0.05) is 18.6 Å². The summed E-state index contributed by atoms with van der Waals surface area (Å²) < 4.78 is 0. The van der Waals surface area contributed by atoms with Gasteiger partial charge in [-0.25, -0.2) is 0 Å². The van der Waals surface area contributed by atoms with Crippen LogP contribution < -0.4 is 5.73 Å². The molecule has 0 aromatic rings. The molecule has 2 fully saturated rings. The fourth-order valence-corrected chi connectivity index (χ4v) is 4.51. The summed E-state index contributed by atoms with van der Waals surface area (Å²) in [7, 11) is 0. The number of nitrogens with two attached hydrogens (primary N) is 1. The van der Waals surface area contributed by atoms with E-state index in [1.165, 1.54) is 51.5 Å². The van der Waals surface area contributed by atoms with E-state index < -0.39 is 0 Å². The summed E-state index contributed by atoms with van der Waals surface area (Å²) >= 11 is 0. The van der Waals surface area contributed by atoms with Crippen molar-refractivity contribution >= 4 is 0 Å². The Morgan fingerprint density at radius 2 is 1.70 bits per heavy atom. The molecule has 2 aliphatic rings. The highest BCUT2D eigenvalue weighted by Crippen LogP contribution is 2.40. The Hall–Kier alpha value is -0.0800. The zero-order valence-corrected chi connectivity index (χ0v) is 14.2. The smallest absolute Gasteiger partial charge is 0.0223 e. The van der Waals surface area contributed by atoms with Gasteiger partial charge in [-0.15, -0.1) is 0 Å². The van der Waals surface area contributed by atoms with E-state index >= 15 is 0 Å². The minimum atomic E-state index is 0.493. The minimum Gasteiger partial charge on any atom is -0.329 e. The van der Waals surface area contributed by atoms with Crippen molar-refractivity contribution in [1.29, 1.82) is 0 Å². The van der Waals surface area contributed by atoms with E-state index in [-0.39, 0.29) is 0 Å². The maximum Gasteiger partial charge on any atom is 0.0223 e. The Labute approximate surface area is 126 Å². The molecule has 2 unspecified atom stereocenters. The van der Waals surface area contributed by atoms with Crippen molar-refractivity contribution in [2.24, 2.45) is 23.0 Å². The van der Waals surface area contributed by atoms with Crippen LogP contribution in [-0.2, 0) is 0 Å². The molecule has 0 aromatic heterocycles. The molecule has 1 saturated carbocycles. The summed E-state index contributed by atoms with van der Waals surface area (Å²) in [5.74, 6) is 1.84. The van der Waals surface area contributed by atoms with Crippen molar-refractivity contribution in [2.75, 3.05) is 13.1 Å². The van der Waals surface area contributed by atoms with E-state index in [9.17, 15) is 0 Å². The van der Waals surface area contributed by atoms with Gasteiger partial charge in [0.1, 0.15) is 0 Å². The summed E-state index contributed by atoms with van der Waals surface area (Å²) in [6.45, 7) is 11.7. The molecular formula is C18H36N2. The van der Waals surface area contributed by atoms with Crippen LogP contribution in [0.5, 0.6) is 0 Å². The van der Waals surface area contributed by atoms with Crippen LogP contribution in [0.25, 0.3) is 0 Å². The van der Waals surface area contributed by atoms with Gasteiger partial charge >= 0.3 is 0 Å². The Bertz CT molecular complexity index is 286. The van der Waals surface area contributed by atoms with Crippen LogP contribution in [0.1, 0.15) is 72.6 Å². The van der Waals surface area contributed by atoms with Crippen molar-refractivity contribution in [3.63, 3.8) is 0 Å². The lowest BCUT2D eigenvalue weighted by atomic mass is 9.70. The fourth-order valence-electron chi connectivity index (χ4n) is 4.51. The monoisotopic (exact) mass is 280 g/mol. The molecule has 0 aromatic carbocycles. The largest absolute Gasteiger partial charge is 0.329 e. The predicted molar refractivity (Wildman–Crippen MR) is 87.8 cm³/mol. The third-order valence-electron chi connectivity index (χ3n) is 6.11. The predicted octanol–water partition coefficient (Wildman–Crippen LogP) is 4.04. The highest BCUT2D eigenvalue weighted by Gasteiger charge is 2.36. The maximum absolute atomic E-state index is 6.07. The molecule has 2 atom stereocenters. The van der Waals surface area contributed by atoms with Crippen LogP contribution in [0, 0.1) is 17.3 Å². The normalized spacial score (nSPS) is 37.0. The molecule has 2 heteroatoms. The summed E-state index contributed by atoms with van der Waals surface area (Å²) in [4.78, 5) is 2.78. The number of rotatable bonds is 3. The number of likely N-dealkylation sites (tertiary alicyclic amines) is 1.